The molecule has 1 saturated carbocycles. The Balaban J connectivity index is 2.63. The van der Waals surface area contributed by atoms with E-state index in [1.165, 1.54) is 19.1 Å². The van der Waals surface area contributed by atoms with Crippen molar-refractivity contribution in [1.82, 2.24) is 0 Å². The van der Waals surface area contributed by atoms with Gasteiger partial charge in [0.25, 0.3) is 0 Å². The molecule has 1 unspecified atom stereocenters. The van der Waals surface area contributed by atoms with Gasteiger partial charge in [0, 0.05) is 0 Å². The zero-order chi connectivity index (χ0) is 12.9. The van der Waals surface area contributed by atoms with Crippen LogP contribution in [-0.4, -0.2) is 6.71 Å². The van der Waals surface area contributed by atoms with Crippen LogP contribution in [0.4, 0.5) is 0 Å². The van der Waals surface area contributed by atoms with Crippen LogP contribution in [0.2, 0.25) is 18.5 Å². The molecular weight excluding hydrogens is 203 g/mol. The van der Waals surface area contributed by atoms with Gasteiger partial charge < -0.3 is 0 Å². The lowest BCUT2D eigenvalue weighted by Crippen LogP contribution is -2.17. The molecule has 1 aliphatic rings. The van der Waals surface area contributed by atoms with Crippen molar-refractivity contribution in [2.75, 3.05) is 0 Å². The zero-order valence-corrected chi connectivity index (χ0v) is 11.9. The van der Waals surface area contributed by atoms with Gasteiger partial charge in [-0.2, -0.15) is 0 Å². The summed E-state index contributed by atoms with van der Waals surface area (Å²) in [5.74, 6) is 1.52. The molecule has 1 aliphatic carbocycles. The third-order valence-corrected chi connectivity index (χ3v) is 4.66. The summed E-state index contributed by atoms with van der Waals surface area (Å²) in [6.07, 6.45) is 15.0. The first-order valence-electron chi connectivity index (χ1n) is 6.95. The van der Waals surface area contributed by atoms with E-state index in [2.05, 4.69) is 64.7 Å². The monoisotopic (exact) mass is 230 g/mol. The predicted octanol–water partition coefficient (Wildman–Crippen LogP) is 5.24. The van der Waals surface area contributed by atoms with E-state index < -0.39 is 0 Å². The number of rotatable bonds is 7. The molecule has 0 N–H and O–H groups in total. The minimum Gasteiger partial charge on any atom is -0.103 e. The Kier molecular flexibility index (Phi) is 5.30. The minimum atomic E-state index is 0.510. The average Bonchev–Trinajstić information content (AvgIpc) is 3.02. The van der Waals surface area contributed by atoms with E-state index >= 15 is 0 Å². The topological polar surface area (TPSA) is 0 Å². The van der Waals surface area contributed by atoms with E-state index in [9.17, 15) is 0 Å². The molecule has 0 heterocycles. The highest BCUT2D eigenvalue weighted by atomic mass is 14.5. The molecule has 0 amide bonds. The Morgan fingerprint density at radius 3 is 2.24 bits per heavy atom. The molecule has 0 bridgehead atoms. The van der Waals surface area contributed by atoms with Gasteiger partial charge >= 0.3 is 0 Å². The predicted molar refractivity (Wildman–Crippen MR) is 80.8 cm³/mol. The average molecular weight is 230 g/mol. The molecule has 0 aromatic rings. The van der Waals surface area contributed by atoms with Crippen LogP contribution in [-0.2, 0) is 0 Å². The van der Waals surface area contributed by atoms with Crippen molar-refractivity contribution in [3.8, 4) is 0 Å². The van der Waals surface area contributed by atoms with Gasteiger partial charge in [-0.25, -0.2) is 0 Å². The van der Waals surface area contributed by atoms with Crippen LogP contribution in [0.5, 0.6) is 0 Å². The first-order valence-corrected chi connectivity index (χ1v) is 6.95. The first-order chi connectivity index (χ1) is 8.10. The third kappa shape index (κ3) is 3.37. The Bertz CT molecular complexity index is 289. The fourth-order valence-electron chi connectivity index (χ4n) is 2.96. The van der Waals surface area contributed by atoms with Crippen molar-refractivity contribution < 1.29 is 0 Å². The molecule has 3 atom stereocenters. The van der Waals surface area contributed by atoms with E-state index in [0.29, 0.717) is 11.3 Å². The van der Waals surface area contributed by atoms with Crippen molar-refractivity contribution in [3.63, 3.8) is 0 Å². The molecule has 1 rings (SSSR count). The van der Waals surface area contributed by atoms with Gasteiger partial charge in [0.1, 0.15) is 0 Å². The van der Waals surface area contributed by atoms with Crippen molar-refractivity contribution in [2.45, 2.75) is 52.6 Å². The lowest BCUT2D eigenvalue weighted by Gasteiger charge is -2.20. The van der Waals surface area contributed by atoms with Crippen LogP contribution in [0, 0.1) is 11.3 Å². The highest BCUT2D eigenvalue weighted by Gasteiger charge is 2.55. The van der Waals surface area contributed by atoms with Gasteiger partial charge in [-0.05, 0) is 25.2 Å². The maximum atomic E-state index is 3.96. The molecule has 94 valence electrons. The van der Waals surface area contributed by atoms with Gasteiger partial charge in [-0.3, -0.25) is 0 Å². The van der Waals surface area contributed by atoms with Crippen LogP contribution in [0.1, 0.15) is 34.1 Å². The standard InChI is InChI=1S/C16H27B/c1-6-9-11-17(12-10-7-2)15-13-16(15,5)14(4)8-3/h6-10,14-15H,3,11-13H2,1-2,4-5H3/b9-6+,10-7+/t14?,15-,16-/m0/s1. The smallest absolute Gasteiger partial charge is 0.103 e. The van der Waals surface area contributed by atoms with Gasteiger partial charge in [-0.15, -0.1) is 6.58 Å². The van der Waals surface area contributed by atoms with Gasteiger partial charge in [-0.1, -0.05) is 69.1 Å². The van der Waals surface area contributed by atoms with Crippen molar-refractivity contribution >= 4 is 6.71 Å². The van der Waals surface area contributed by atoms with Crippen LogP contribution < -0.4 is 0 Å². The van der Waals surface area contributed by atoms with Crippen LogP contribution >= 0.6 is 0 Å². The lowest BCUT2D eigenvalue weighted by molar-refractivity contribution is 0.438. The molecular formula is C16H27B. The zero-order valence-electron chi connectivity index (χ0n) is 11.9. The minimum absolute atomic E-state index is 0.510. The second-order valence-electron chi connectivity index (χ2n) is 5.71. The molecule has 0 nitrogen and oxygen atoms in total. The van der Waals surface area contributed by atoms with E-state index in [1.54, 1.807) is 0 Å². The van der Waals surface area contributed by atoms with Gasteiger partial charge in [0.05, 0.1) is 0 Å². The first kappa shape index (κ1) is 14.3. The second kappa shape index (κ2) is 6.28. The van der Waals surface area contributed by atoms with Crippen molar-refractivity contribution in [3.05, 3.63) is 37.0 Å². The number of hydrogen-bond donors (Lipinski definition) is 0. The molecule has 0 aromatic heterocycles. The number of hydrogen-bond acceptors (Lipinski definition) is 0. The van der Waals surface area contributed by atoms with E-state index in [4.69, 9.17) is 0 Å². The fraction of sp³-hybridized carbons (Fsp3) is 0.625. The van der Waals surface area contributed by atoms with E-state index in [0.717, 1.165) is 12.5 Å². The highest BCUT2D eigenvalue weighted by Crippen LogP contribution is 2.65. The largest absolute Gasteiger partial charge is 0.151 e. The SMILES string of the molecule is C=CC(C)[C@]1(C)C[C@@H]1B(C/C=C/C)C/C=C/C. The Morgan fingerprint density at radius 2 is 1.82 bits per heavy atom. The van der Waals surface area contributed by atoms with Crippen molar-refractivity contribution in [2.24, 2.45) is 11.3 Å². The lowest BCUT2D eigenvalue weighted by atomic mass is 9.39. The molecule has 0 aromatic carbocycles. The summed E-state index contributed by atoms with van der Waals surface area (Å²) in [4.78, 5) is 0. The quantitative estimate of drug-likeness (QED) is 0.414. The van der Waals surface area contributed by atoms with Gasteiger partial charge in [0.15, 0.2) is 6.71 Å². The van der Waals surface area contributed by atoms with Crippen LogP contribution in [0.3, 0.4) is 0 Å². The second-order valence-corrected chi connectivity index (χ2v) is 5.71. The van der Waals surface area contributed by atoms with Crippen molar-refractivity contribution in [1.29, 1.82) is 0 Å². The third-order valence-electron chi connectivity index (χ3n) is 4.66. The van der Waals surface area contributed by atoms with Crippen LogP contribution in [0.25, 0.3) is 0 Å². The molecule has 0 saturated heterocycles. The maximum absolute atomic E-state index is 3.96. The number of allylic oxidation sites excluding steroid dienone is 5. The summed E-state index contributed by atoms with van der Waals surface area (Å²) in [6.45, 7) is 13.8. The highest BCUT2D eigenvalue weighted by molar-refractivity contribution is 6.62. The van der Waals surface area contributed by atoms with E-state index in [-0.39, 0.29) is 0 Å². The molecule has 1 fully saturated rings. The Labute approximate surface area is 108 Å². The molecule has 17 heavy (non-hydrogen) atoms. The normalized spacial score (nSPS) is 29.8. The molecule has 0 spiro atoms. The summed E-state index contributed by atoms with van der Waals surface area (Å²) in [6, 6.07) is 0. The van der Waals surface area contributed by atoms with Gasteiger partial charge in [0.2, 0.25) is 0 Å². The summed E-state index contributed by atoms with van der Waals surface area (Å²) < 4.78 is 0. The molecule has 0 aliphatic heterocycles. The summed E-state index contributed by atoms with van der Waals surface area (Å²) in [7, 11) is 0. The maximum Gasteiger partial charge on any atom is 0.151 e. The van der Waals surface area contributed by atoms with Crippen LogP contribution in [0.15, 0.2) is 37.0 Å². The Morgan fingerprint density at radius 1 is 1.29 bits per heavy atom. The van der Waals surface area contributed by atoms with E-state index in [1.807, 2.05) is 0 Å². The molecule has 0 radical (unpaired) electrons. The fourth-order valence-corrected chi connectivity index (χ4v) is 2.96. The summed E-state index contributed by atoms with van der Waals surface area (Å²) in [5, 5.41) is 0. The summed E-state index contributed by atoms with van der Waals surface area (Å²) >= 11 is 0. The summed E-state index contributed by atoms with van der Waals surface area (Å²) in [5.41, 5.74) is 0.510. The Hall–Kier alpha value is -0.715. The molecule has 1 heteroatoms.